The standard InChI is InChI=1S/C13H19NO/c1-10-7-11(9-14-8-10)13(15)6-4-5-12(13,2)3/h7-9,15H,4-6H2,1-3H3. The van der Waals surface area contributed by atoms with Crippen LogP contribution in [0.15, 0.2) is 18.5 Å². The summed E-state index contributed by atoms with van der Waals surface area (Å²) in [7, 11) is 0. The van der Waals surface area contributed by atoms with Crippen LogP contribution in [0, 0.1) is 12.3 Å². The van der Waals surface area contributed by atoms with E-state index in [2.05, 4.69) is 24.9 Å². The van der Waals surface area contributed by atoms with Crippen LogP contribution in [-0.4, -0.2) is 10.1 Å². The van der Waals surface area contributed by atoms with Crippen molar-refractivity contribution in [3.8, 4) is 0 Å². The maximum atomic E-state index is 10.8. The van der Waals surface area contributed by atoms with Crippen LogP contribution in [0.5, 0.6) is 0 Å². The number of rotatable bonds is 1. The fourth-order valence-electron chi connectivity index (χ4n) is 2.65. The van der Waals surface area contributed by atoms with Gasteiger partial charge in [-0.05, 0) is 37.2 Å². The lowest BCUT2D eigenvalue weighted by molar-refractivity contribution is -0.0488. The summed E-state index contributed by atoms with van der Waals surface area (Å²) >= 11 is 0. The van der Waals surface area contributed by atoms with Gasteiger partial charge < -0.3 is 5.11 Å². The lowest BCUT2D eigenvalue weighted by Crippen LogP contribution is -2.37. The molecule has 0 aromatic carbocycles. The molecule has 1 unspecified atom stereocenters. The average molecular weight is 205 g/mol. The molecule has 15 heavy (non-hydrogen) atoms. The van der Waals surface area contributed by atoms with Crippen molar-refractivity contribution in [1.82, 2.24) is 4.98 Å². The van der Waals surface area contributed by atoms with Gasteiger partial charge in [0.05, 0.1) is 5.60 Å². The second-order valence-electron chi connectivity index (χ2n) is 5.35. The zero-order valence-corrected chi connectivity index (χ0v) is 9.75. The summed E-state index contributed by atoms with van der Waals surface area (Å²) in [5.74, 6) is 0. The van der Waals surface area contributed by atoms with E-state index in [0.717, 1.165) is 30.4 Å². The Labute approximate surface area is 91.4 Å². The first kappa shape index (κ1) is 10.6. The zero-order valence-electron chi connectivity index (χ0n) is 9.75. The fraction of sp³-hybridized carbons (Fsp3) is 0.615. The summed E-state index contributed by atoms with van der Waals surface area (Å²) in [6.07, 6.45) is 6.66. The molecule has 82 valence electrons. The summed E-state index contributed by atoms with van der Waals surface area (Å²) in [6.45, 7) is 6.30. The Morgan fingerprint density at radius 1 is 1.27 bits per heavy atom. The molecule has 0 radical (unpaired) electrons. The highest BCUT2D eigenvalue weighted by molar-refractivity contribution is 5.26. The van der Waals surface area contributed by atoms with E-state index in [4.69, 9.17) is 0 Å². The largest absolute Gasteiger partial charge is 0.385 e. The van der Waals surface area contributed by atoms with E-state index in [9.17, 15) is 5.11 Å². The smallest absolute Gasteiger partial charge is 0.0962 e. The van der Waals surface area contributed by atoms with Crippen molar-refractivity contribution in [2.45, 2.75) is 45.6 Å². The number of nitrogens with zero attached hydrogens (tertiary/aromatic N) is 1. The number of aliphatic hydroxyl groups is 1. The van der Waals surface area contributed by atoms with Crippen molar-refractivity contribution >= 4 is 0 Å². The van der Waals surface area contributed by atoms with Gasteiger partial charge in [0.1, 0.15) is 0 Å². The Morgan fingerprint density at radius 2 is 2.00 bits per heavy atom. The minimum Gasteiger partial charge on any atom is -0.385 e. The van der Waals surface area contributed by atoms with Gasteiger partial charge in [0, 0.05) is 18.0 Å². The van der Waals surface area contributed by atoms with E-state index < -0.39 is 5.60 Å². The fourth-order valence-corrected chi connectivity index (χ4v) is 2.65. The summed E-state index contributed by atoms with van der Waals surface area (Å²) < 4.78 is 0. The third kappa shape index (κ3) is 1.57. The SMILES string of the molecule is Cc1cncc(C2(O)CCCC2(C)C)c1. The third-order valence-electron chi connectivity index (χ3n) is 3.81. The van der Waals surface area contributed by atoms with Crippen molar-refractivity contribution in [1.29, 1.82) is 0 Å². The molecule has 1 aromatic heterocycles. The molecule has 0 aliphatic heterocycles. The van der Waals surface area contributed by atoms with E-state index in [1.54, 1.807) is 6.20 Å². The molecule has 1 fully saturated rings. The van der Waals surface area contributed by atoms with E-state index >= 15 is 0 Å². The van der Waals surface area contributed by atoms with Crippen LogP contribution >= 0.6 is 0 Å². The molecule has 1 N–H and O–H groups in total. The molecule has 0 amide bonds. The normalized spacial score (nSPS) is 29.3. The molecule has 0 saturated heterocycles. The summed E-state index contributed by atoms with van der Waals surface area (Å²) in [5, 5.41) is 10.8. The van der Waals surface area contributed by atoms with Crippen molar-refractivity contribution in [2.24, 2.45) is 5.41 Å². The van der Waals surface area contributed by atoms with Crippen LogP contribution in [-0.2, 0) is 5.60 Å². The van der Waals surface area contributed by atoms with Crippen LogP contribution < -0.4 is 0 Å². The van der Waals surface area contributed by atoms with Crippen molar-refractivity contribution in [2.75, 3.05) is 0 Å². The Hall–Kier alpha value is -0.890. The highest BCUT2D eigenvalue weighted by atomic mass is 16.3. The van der Waals surface area contributed by atoms with Crippen molar-refractivity contribution in [3.63, 3.8) is 0 Å². The van der Waals surface area contributed by atoms with Gasteiger partial charge >= 0.3 is 0 Å². The maximum Gasteiger partial charge on any atom is 0.0962 e. The Balaban J connectivity index is 2.45. The predicted molar refractivity (Wildman–Crippen MR) is 60.5 cm³/mol. The van der Waals surface area contributed by atoms with E-state index in [1.807, 2.05) is 13.1 Å². The van der Waals surface area contributed by atoms with Gasteiger partial charge in [0.25, 0.3) is 0 Å². The summed E-state index contributed by atoms with van der Waals surface area (Å²) in [4.78, 5) is 4.18. The number of pyridine rings is 1. The quantitative estimate of drug-likeness (QED) is 0.764. The summed E-state index contributed by atoms with van der Waals surface area (Å²) in [5.41, 5.74) is 1.36. The van der Waals surface area contributed by atoms with Crippen LogP contribution in [0.3, 0.4) is 0 Å². The molecule has 2 nitrogen and oxygen atoms in total. The Kier molecular flexibility index (Phi) is 2.34. The van der Waals surface area contributed by atoms with Gasteiger partial charge in [0.2, 0.25) is 0 Å². The minimum absolute atomic E-state index is 0.0392. The van der Waals surface area contributed by atoms with Gasteiger partial charge in [-0.15, -0.1) is 0 Å². The van der Waals surface area contributed by atoms with E-state index in [1.165, 1.54) is 0 Å². The maximum absolute atomic E-state index is 10.8. The second-order valence-corrected chi connectivity index (χ2v) is 5.35. The monoisotopic (exact) mass is 205 g/mol. The highest BCUT2D eigenvalue weighted by Gasteiger charge is 2.48. The van der Waals surface area contributed by atoms with Gasteiger partial charge in [-0.25, -0.2) is 0 Å². The third-order valence-corrected chi connectivity index (χ3v) is 3.81. The van der Waals surface area contributed by atoms with Crippen molar-refractivity contribution < 1.29 is 5.11 Å². The average Bonchev–Trinajstić information content (AvgIpc) is 2.43. The lowest BCUT2D eigenvalue weighted by Gasteiger charge is -2.37. The van der Waals surface area contributed by atoms with E-state index in [0.29, 0.717) is 0 Å². The number of hydrogen-bond acceptors (Lipinski definition) is 2. The molecule has 1 heterocycles. The first-order valence-corrected chi connectivity index (χ1v) is 5.60. The Bertz CT molecular complexity index is 373. The van der Waals surface area contributed by atoms with Crippen LogP contribution in [0.1, 0.15) is 44.2 Å². The van der Waals surface area contributed by atoms with Gasteiger partial charge in [-0.3, -0.25) is 4.98 Å². The minimum atomic E-state index is -0.688. The molecule has 1 atom stereocenters. The molecular weight excluding hydrogens is 186 g/mol. The van der Waals surface area contributed by atoms with Crippen LogP contribution in [0.25, 0.3) is 0 Å². The lowest BCUT2D eigenvalue weighted by atomic mass is 9.74. The van der Waals surface area contributed by atoms with Crippen LogP contribution in [0.4, 0.5) is 0 Å². The van der Waals surface area contributed by atoms with Gasteiger partial charge in [-0.2, -0.15) is 0 Å². The Morgan fingerprint density at radius 3 is 2.53 bits per heavy atom. The number of aryl methyl sites for hydroxylation is 1. The van der Waals surface area contributed by atoms with Gasteiger partial charge in [-0.1, -0.05) is 19.9 Å². The van der Waals surface area contributed by atoms with Crippen LogP contribution in [0.2, 0.25) is 0 Å². The van der Waals surface area contributed by atoms with E-state index in [-0.39, 0.29) is 5.41 Å². The predicted octanol–water partition coefficient (Wildman–Crippen LogP) is 2.79. The first-order valence-electron chi connectivity index (χ1n) is 5.60. The number of hydrogen-bond donors (Lipinski definition) is 1. The molecule has 2 heteroatoms. The van der Waals surface area contributed by atoms with Crippen molar-refractivity contribution in [3.05, 3.63) is 29.6 Å². The summed E-state index contributed by atoms with van der Waals surface area (Å²) in [6, 6.07) is 2.06. The molecule has 0 bridgehead atoms. The first-order chi connectivity index (χ1) is 6.96. The number of aromatic nitrogens is 1. The molecule has 1 aliphatic carbocycles. The van der Waals surface area contributed by atoms with Gasteiger partial charge in [0.15, 0.2) is 0 Å². The topological polar surface area (TPSA) is 33.1 Å². The molecule has 1 saturated carbocycles. The molecule has 0 spiro atoms. The molecule has 1 aliphatic rings. The molecule has 1 aromatic rings. The second kappa shape index (κ2) is 3.31. The zero-order chi connectivity index (χ0) is 11.1. The molecule has 2 rings (SSSR count). The highest BCUT2D eigenvalue weighted by Crippen LogP contribution is 2.51. The molecular formula is C13H19NO.